The van der Waals surface area contributed by atoms with Crippen LogP contribution in [0.15, 0.2) is 18.5 Å². The largest absolute Gasteiger partial charge is 0.330 e. The standard InChI is InChI=1S/C12H16ClN3/c1-8(2)16-7-15-11-5-9(3-4-14)10(13)6-12(11)16/h5-8H,3-4,14H2,1-2H3. The van der Waals surface area contributed by atoms with E-state index in [2.05, 4.69) is 23.4 Å². The number of rotatable bonds is 3. The van der Waals surface area contributed by atoms with E-state index in [4.69, 9.17) is 17.3 Å². The molecule has 0 aliphatic rings. The van der Waals surface area contributed by atoms with Gasteiger partial charge >= 0.3 is 0 Å². The topological polar surface area (TPSA) is 43.8 Å². The van der Waals surface area contributed by atoms with E-state index in [1.54, 1.807) is 0 Å². The fraction of sp³-hybridized carbons (Fsp3) is 0.417. The second-order valence-corrected chi connectivity index (χ2v) is 4.62. The molecule has 0 aliphatic heterocycles. The summed E-state index contributed by atoms with van der Waals surface area (Å²) in [7, 11) is 0. The third-order valence-corrected chi connectivity index (χ3v) is 3.06. The van der Waals surface area contributed by atoms with Crippen molar-refractivity contribution in [2.24, 2.45) is 5.73 Å². The van der Waals surface area contributed by atoms with Crippen molar-refractivity contribution in [1.29, 1.82) is 0 Å². The highest BCUT2D eigenvalue weighted by atomic mass is 35.5. The second-order valence-electron chi connectivity index (χ2n) is 4.22. The van der Waals surface area contributed by atoms with Gasteiger partial charge in [-0.3, -0.25) is 0 Å². The van der Waals surface area contributed by atoms with E-state index in [1.807, 2.05) is 18.5 Å². The number of imidazole rings is 1. The molecule has 1 aromatic carbocycles. The Labute approximate surface area is 100 Å². The fourth-order valence-corrected chi connectivity index (χ4v) is 2.10. The van der Waals surface area contributed by atoms with Crippen LogP contribution in [0.2, 0.25) is 5.02 Å². The number of fused-ring (bicyclic) bond motifs is 1. The first kappa shape index (κ1) is 11.4. The van der Waals surface area contributed by atoms with Crippen molar-refractivity contribution < 1.29 is 0 Å². The van der Waals surface area contributed by atoms with Gasteiger partial charge in [0.05, 0.1) is 17.4 Å². The number of nitrogens with zero attached hydrogens (tertiary/aromatic N) is 2. The Balaban J connectivity index is 2.57. The summed E-state index contributed by atoms with van der Waals surface area (Å²) in [5.74, 6) is 0. The minimum absolute atomic E-state index is 0.390. The number of hydrogen-bond acceptors (Lipinski definition) is 2. The van der Waals surface area contributed by atoms with Crippen LogP contribution in [-0.4, -0.2) is 16.1 Å². The first-order valence-corrected chi connectivity index (χ1v) is 5.86. The van der Waals surface area contributed by atoms with Crippen LogP contribution in [0, 0.1) is 0 Å². The molecule has 1 heterocycles. The van der Waals surface area contributed by atoms with Gasteiger partial charge in [0.25, 0.3) is 0 Å². The summed E-state index contributed by atoms with van der Waals surface area (Å²) in [6, 6.07) is 4.40. The van der Waals surface area contributed by atoms with Gasteiger partial charge in [0.1, 0.15) is 0 Å². The van der Waals surface area contributed by atoms with E-state index in [0.29, 0.717) is 12.6 Å². The highest BCUT2D eigenvalue weighted by Crippen LogP contribution is 2.25. The van der Waals surface area contributed by atoms with E-state index in [1.165, 1.54) is 0 Å². The van der Waals surface area contributed by atoms with Crippen molar-refractivity contribution in [3.05, 3.63) is 29.0 Å². The van der Waals surface area contributed by atoms with Crippen LogP contribution in [0.4, 0.5) is 0 Å². The molecule has 0 saturated carbocycles. The lowest BCUT2D eigenvalue weighted by Crippen LogP contribution is -2.03. The molecule has 2 aromatic rings. The van der Waals surface area contributed by atoms with E-state index < -0.39 is 0 Å². The molecule has 0 aliphatic carbocycles. The summed E-state index contributed by atoms with van der Waals surface area (Å²) in [5, 5.41) is 0.778. The van der Waals surface area contributed by atoms with Crippen LogP contribution in [0.25, 0.3) is 11.0 Å². The maximum absolute atomic E-state index is 6.22. The number of halogens is 1. The number of benzene rings is 1. The molecule has 4 heteroatoms. The predicted octanol–water partition coefficient (Wildman–Crippen LogP) is 2.77. The van der Waals surface area contributed by atoms with Gasteiger partial charge in [0.15, 0.2) is 0 Å². The molecule has 3 nitrogen and oxygen atoms in total. The molecule has 0 spiro atoms. The van der Waals surface area contributed by atoms with Crippen molar-refractivity contribution in [2.45, 2.75) is 26.3 Å². The Morgan fingerprint density at radius 3 is 2.81 bits per heavy atom. The summed E-state index contributed by atoms with van der Waals surface area (Å²) >= 11 is 6.22. The molecule has 0 unspecified atom stereocenters. The quantitative estimate of drug-likeness (QED) is 0.892. The maximum Gasteiger partial charge on any atom is 0.0960 e. The molecule has 86 valence electrons. The minimum Gasteiger partial charge on any atom is -0.330 e. The smallest absolute Gasteiger partial charge is 0.0960 e. The maximum atomic E-state index is 6.22. The van der Waals surface area contributed by atoms with E-state index in [0.717, 1.165) is 28.0 Å². The SMILES string of the molecule is CC(C)n1cnc2cc(CCN)c(Cl)cc21. The lowest BCUT2D eigenvalue weighted by atomic mass is 10.1. The van der Waals surface area contributed by atoms with Gasteiger partial charge in [0.2, 0.25) is 0 Å². The van der Waals surface area contributed by atoms with Gasteiger partial charge in [-0.15, -0.1) is 0 Å². The molecule has 2 rings (SSSR count). The summed E-state index contributed by atoms with van der Waals surface area (Å²) < 4.78 is 2.12. The molecule has 16 heavy (non-hydrogen) atoms. The fourth-order valence-electron chi connectivity index (χ4n) is 1.85. The summed E-state index contributed by atoms with van der Waals surface area (Å²) in [6.45, 7) is 4.86. The summed E-state index contributed by atoms with van der Waals surface area (Å²) in [4.78, 5) is 4.39. The van der Waals surface area contributed by atoms with Gasteiger partial charge in [-0.25, -0.2) is 4.98 Å². The molecular formula is C12H16ClN3. The van der Waals surface area contributed by atoms with Crippen LogP contribution >= 0.6 is 11.6 Å². The highest BCUT2D eigenvalue weighted by Gasteiger charge is 2.09. The first-order chi connectivity index (χ1) is 7.63. The monoisotopic (exact) mass is 237 g/mol. The van der Waals surface area contributed by atoms with Crippen molar-refractivity contribution in [3.8, 4) is 0 Å². The van der Waals surface area contributed by atoms with Gasteiger partial charge < -0.3 is 10.3 Å². The zero-order valence-electron chi connectivity index (χ0n) is 9.57. The van der Waals surface area contributed by atoms with Gasteiger partial charge in [-0.1, -0.05) is 11.6 Å². The summed E-state index contributed by atoms with van der Waals surface area (Å²) in [6.07, 6.45) is 2.65. The molecule has 0 fully saturated rings. The van der Waals surface area contributed by atoms with Crippen molar-refractivity contribution >= 4 is 22.6 Å². The van der Waals surface area contributed by atoms with E-state index in [-0.39, 0.29) is 0 Å². The highest BCUT2D eigenvalue weighted by molar-refractivity contribution is 6.32. The third kappa shape index (κ3) is 1.93. The molecule has 0 radical (unpaired) electrons. The molecular weight excluding hydrogens is 222 g/mol. The Hall–Kier alpha value is -1.06. The van der Waals surface area contributed by atoms with Crippen LogP contribution in [-0.2, 0) is 6.42 Å². The minimum atomic E-state index is 0.390. The molecule has 2 N–H and O–H groups in total. The average Bonchev–Trinajstić information content (AvgIpc) is 2.61. The van der Waals surface area contributed by atoms with Crippen LogP contribution in [0.5, 0.6) is 0 Å². The van der Waals surface area contributed by atoms with Crippen LogP contribution < -0.4 is 5.73 Å². The molecule has 1 aromatic heterocycles. The predicted molar refractivity (Wildman–Crippen MR) is 67.9 cm³/mol. The van der Waals surface area contributed by atoms with Crippen LogP contribution in [0.3, 0.4) is 0 Å². The second kappa shape index (κ2) is 4.44. The Morgan fingerprint density at radius 1 is 1.44 bits per heavy atom. The van der Waals surface area contributed by atoms with Crippen LogP contribution in [0.1, 0.15) is 25.5 Å². The number of hydrogen-bond donors (Lipinski definition) is 1. The molecule has 0 amide bonds. The van der Waals surface area contributed by atoms with E-state index >= 15 is 0 Å². The van der Waals surface area contributed by atoms with Crippen molar-refractivity contribution in [3.63, 3.8) is 0 Å². The molecule has 0 atom stereocenters. The number of aromatic nitrogens is 2. The van der Waals surface area contributed by atoms with Gasteiger partial charge in [-0.05, 0) is 44.5 Å². The Bertz CT molecular complexity index is 502. The van der Waals surface area contributed by atoms with E-state index in [9.17, 15) is 0 Å². The van der Waals surface area contributed by atoms with Crippen molar-refractivity contribution in [1.82, 2.24) is 9.55 Å². The zero-order valence-corrected chi connectivity index (χ0v) is 10.3. The van der Waals surface area contributed by atoms with Gasteiger partial charge in [0, 0.05) is 11.1 Å². The lowest BCUT2D eigenvalue weighted by molar-refractivity contribution is 0.617. The molecule has 0 saturated heterocycles. The lowest BCUT2D eigenvalue weighted by Gasteiger charge is -2.09. The molecule has 0 bridgehead atoms. The summed E-state index contributed by atoms with van der Waals surface area (Å²) in [5.41, 5.74) is 8.69. The van der Waals surface area contributed by atoms with Crippen molar-refractivity contribution in [2.75, 3.05) is 6.54 Å². The zero-order chi connectivity index (χ0) is 11.7. The third-order valence-electron chi connectivity index (χ3n) is 2.71. The first-order valence-electron chi connectivity index (χ1n) is 5.48. The number of nitrogens with two attached hydrogens (primary N) is 1. The Morgan fingerprint density at radius 2 is 2.19 bits per heavy atom. The average molecular weight is 238 g/mol. The normalized spacial score (nSPS) is 11.6. The van der Waals surface area contributed by atoms with Gasteiger partial charge in [-0.2, -0.15) is 0 Å². The Kier molecular flexibility index (Phi) is 3.17.